The number of ether oxygens (including phenoxy) is 2. The molecule has 2 N–H and O–H groups in total. The van der Waals surface area contributed by atoms with Crippen LogP contribution >= 0.6 is 0 Å². The van der Waals surface area contributed by atoms with Gasteiger partial charge in [0, 0.05) is 24.8 Å². The molecule has 2 aliphatic heterocycles. The summed E-state index contributed by atoms with van der Waals surface area (Å²) < 4.78 is 25.7. The fraction of sp³-hybridized carbons (Fsp3) is 0.444. The van der Waals surface area contributed by atoms with Gasteiger partial charge in [-0.05, 0) is 68.0 Å². The average molecular weight is 496 g/mol. The first kappa shape index (κ1) is 24.2. The molecule has 8 nitrogen and oxygen atoms in total. The van der Waals surface area contributed by atoms with Crippen molar-refractivity contribution >= 4 is 23.4 Å². The summed E-state index contributed by atoms with van der Waals surface area (Å²) in [6.07, 6.45) is 3.48. The number of halogens is 1. The van der Waals surface area contributed by atoms with Gasteiger partial charge in [0.15, 0.2) is 0 Å². The summed E-state index contributed by atoms with van der Waals surface area (Å²) in [6.45, 7) is 0.976. The Labute approximate surface area is 209 Å². The van der Waals surface area contributed by atoms with Crippen LogP contribution in [0.25, 0.3) is 0 Å². The first-order chi connectivity index (χ1) is 17.4. The van der Waals surface area contributed by atoms with Gasteiger partial charge in [0.2, 0.25) is 5.91 Å². The predicted octanol–water partition coefficient (Wildman–Crippen LogP) is 3.37. The molecule has 0 unspecified atom stereocenters. The topological polar surface area (TPSA) is 97.0 Å². The van der Waals surface area contributed by atoms with E-state index in [9.17, 15) is 18.8 Å². The number of rotatable bonds is 6. The molecule has 2 fully saturated rings. The van der Waals surface area contributed by atoms with Crippen LogP contribution in [0.15, 0.2) is 42.5 Å². The predicted molar refractivity (Wildman–Crippen MR) is 130 cm³/mol. The Bertz CT molecular complexity index is 1170. The largest absolute Gasteiger partial charge is 0.490 e. The molecule has 0 aromatic heterocycles. The summed E-state index contributed by atoms with van der Waals surface area (Å²) in [5, 5.41) is 5.70. The number of hydrogen-bond donors (Lipinski definition) is 2. The van der Waals surface area contributed by atoms with Crippen LogP contribution in [0.4, 0.5) is 10.1 Å². The number of nitrogens with zero attached hydrogens (tertiary/aromatic N) is 1. The fourth-order valence-corrected chi connectivity index (χ4v) is 4.80. The SMILES string of the molecule is CN1C(=O)c2cc(NC(=O)c3cccc(F)c3)ccc2OC[C@@H]2O[C@H](CC(=O)NCC3CC3)CC[C@H]21. The number of amides is 3. The quantitative estimate of drug-likeness (QED) is 0.641. The highest BCUT2D eigenvalue weighted by molar-refractivity contribution is 6.05. The molecular weight excluding hydrogens is 465 g/mol. The van der Waals surface area contributed by atoms with Crippen molar-refractivity contribution in [1.29, 1.82) is 0 Å². The maximum absolute atomic E-state index is 13.5. The zero-order valence-electron chi connectivity index (χ0n) is 20.2. The number of carbonyl (C=O) groups is 3. The summed E-state index contributed by atoms with van der Waals surface area (Å²) in [7, 11) is 1.74. The van der Waals surface area contributed by atoms with E-state index >= 15 is 0 Å². The number of fused-ring (bicyclic) bond motifs is 2. The van der Waals surface area contributed by atoms with Crippen molar-refractivity contribution in [3.05, 3.63) is 59.4 Å². The highest BCUT2D eigenvalue weighted by Crippen LogP contribution is 2.33. The lowest BCUT2D eigenvalue weighted by Gasteiger charge is -2.42. The van der Waals surface area contributed by atoms with E-state index < -0.39 is 11.7 Å². The maximum atomic E-state index is 13.5. The van der Waals surface area contributed by atoms with Crippen LogP contribution in [-0.4, -0.2) is 61.1 Å². The Balaban J connectivity index is 1.26. The number of hydrogen-bond acceptors (Lipinski definition) is 5. The zero-order chi connectivity index (χ0) is 25.2. The molecule has 1 aliphatic carbocycles. The van der Waals surface area contributed by atoms with Gasteiger partial charge >= 0.3 is 0 Å². The van der Waals surface area contributed by atoms with E-state index in [4.69, 9.17) is 9.47 Å². The second kappa shape index (κ2) is 10.3. The van der Waals surface area contributed by atoms with Crippen molar-refractivity contribution in [2.75, 3.05) is 25.5 Å². The Morgan fingerprint density at radius 2 is 1.94 bits per heavy atom. The third kappa shape index (κ3) is 5.51. The summed E-state index contributed by atoms with van der Waals surface area (Å²) in [5.41, 5.74) is 0.914. The van der Waals surface area contributed by atoms with E-state index in [0.717, 1.165) is 12.6 Å². The fourth-order valence-electron chi connectivity index (χ4n) is 4.80. The molecule has 3 atom stereocenters. The van der Waals surface area contributed by atoms with Crippen molar-refractivity contribution < 1.29 is 28.2 Å². The van der Waals surface area contributed by atoms with Crippen LogP contribution in [0.3, 0.4) is 0 Å². The van der Waals surface area contributed by atoms with Crippen molar-refractivity contribution in [3.63, 3.8) is 0 Å². The molecule has 2 aromatic rings. The van der Waals surface area contributed by atoms with E-state index in [1.54, 1.807) is 30.1 Å². The minimum absolute atomic E-state index is 0.000271. The Morgan fingerprint density at radius 3 is 2.72 bits per heavy atom. The summed E-state index contributed by atoms with van der Waals surface area (Å²) in [4.78, 5) is 39.8. The van der Waals surface area contributed by atoms with E-state index in [0.29, 0.717) is 42.2 Å². The van der Waals surface area contributed by atoms with Crippen LogP contribution in [0.5, 0.6) is 5.75 Å². The van der Waals surface area contributed by atoms with Gasteiger partial charge in [0.05, 0.1) is 24.1 Å². The van der Waals surface area contributed by atoms with Crippen molar-refractivity contribution in [3.8, 4) is 5.75 Å². The molecule has 3 amide bonds. The standard InChI is InChI=1S/C27H30FN3O5/c1-31-22-9-8-20(13-25(32)29-14-16-5-6-16)36-24(22)15-35-23-10-7-19(12-21(23)27(31)34)30-26(33)17-3-2-4-18(28)11-17/h2-4,7,10-12,16,20,22,24H,5-6,8-9,13-15H2,1H3,(H,29,32)(H,30,33)/t20-,22+,24-/m0/s1. The van der Waals surface area contributed by atoms with E-state index in [2.05, 4.69) is 10.6 Å². The number of benzene rings is 2. The molecular formula is C27H30FN3O5. The normalized spacial score (nSPS) is 23.4. The number of likely N-dealkylation sites (N-methyl/N-ethyl adjacent to an activating group) is 1. The van der Waals surface area contributed by atoms with Gasteiger partial charge in [0.1, 0.15) is 24.3 Å². The minimum Gasteiger partial charge on any atom is -0.490 e. The number of carbonyl (C=O) groups excluding carboxylic acids is 3. The van der Waals surface area contributed by atoms with Gasteiger partial charge in [-0.3, -0.25) is 14.4 Å². The molecule has 1 saturated carbocycles. The average Bonchev–Trinajstić information content (AvgIpc) is 3.70. The molecule has 9 heteroatoms. The molecule has 0 radical (unpaired) electrons. The summed E-state index contributed by atoms with van der Waals surface area (Å²) in [6, 6.07) is 10.0. The van der Waals surface area contributed by atoms with Gasteiger partial charge < -0.3 is 25.0 Å². The van der Waals surface area contributed by atoms with Crippen LogP contribution in [-0.2, 0) is 9.53 Å². The van der Waals surface area contributed by atoms with E-state index in [-0.39, 0.29) is 42.2 Å². The molecule has 0 bridgehead atoms. The highest BCUT2D eigenvalue weighted by Gasteiger charge is 2.39. The third-order valence-electron chi connectivity index (χ3n) is 7.05. The zero-order valence-corrected chi connectivity index (χ0v) is 20.2. The van der Waals surface area contributed by atoms with Crippen LogP contribution < -0.4 is 15.4 Å². The molecule has 36 heavy (non-hydrogen) atoms. The smallest absolute Gasteiger partial charge is 0.257 e. The van der Waals surface area contributed by atoms with Gasteiger partial charge in [-0.1, -0.05) is 6.07 Å². The van der Waals surface area contributed by atoms with Crippen LogP contribution in [0.1, 0.15) is 52.8 Å². The Kier molecular flexibility index (Phi) is 6.91. The van der Waals surface area contributed by atoms with E-state index in [1.165, 1.54) is 31.0 Å². The number of nitrogens with one attached hydrogen (secondary N) is 2. The van der Waals surface area contributed by atoms with Gasteiger partial charge in [-0.2, -0.15) is 0 Å². The van der Waals surface area contributed by atoms with Gasteiger partial charge in [-0.25, -0.2) is 4.39 Å². The Morgan fingerprint density at radius 1 is 1.11 bits per heavy atom. The van der Waals surface area contributed by atoms with E-state index in [1.807, 2.05) is 0 Å². The maximum Gasteiger partial charge on any atom is 0.257 e. The molecule has 1 saturated heterocycles. The van der Waals surface area contributed by atoms with Gasteiger partial charge in [-0.15, -0.1) is 0 Å². The third-order valence-corrected chi connectivity index (χ3v) is 7.05. The minimum atomic E-state index is -0.503. The number of anilines is 1. The molecule has 0 spiro atoms. The van der Waals surface area contributed by atoms with Crippen molar-refractivity contribution in [1.82, 2.24) is 10.2 Å². The highest BCUT2D eigenvalue weighted by atomic mass is 19.1. The monoisotopic (exact) mass is 495 g/mol. The first-order valence-electron chi connectivity index (χ1n) is 12.4. The lowest BCUT2D eigenvalue weighted by Crippen LogP contribution is -2.54. The first-order valence-corrected chi connectivity index (χ1v) is 12.4. The lowest BCUT2D eigenvalue weighted by atomic mass is 9.94. The Hall–Kier alpha value is -3.46. The molecule has 2 aromatic carbocycles. The van der Waals surface area contributed by atoms with Crippen molar-refractivity contribution in [2.45, 2.75) is 50.4 Å². The molecule has 5 rings (SSSR count). The second-order valence-corrected chi connectivity index (χ2v) is 9.80. The molecule has 2 heterocycles. The van der Waals surface area contributed by atoms with Crippen LogP contribution in [0.2, 0.25) is 0 Å². The summed E-state index contributed by atoms with van der Waals surface area (Å²) in [5.74, 6) is -0.210. The van der Waals surface area contributed by atoms with Crippen molar-refractivity contribution in [2.24, 2.45) is 5.92 Å². The van der Waals surface area contributed by atoms with Gasteiger partial charge in [0.25, 0.3) is 11.8 Å². The second-order valence-electron chi connectivity index (χ2n) is 9.80. The summed E-state index contributed by atoms with van der Waals surface area (Å²) >= 11 is 0. The lowest BCUT2D eigenvalue weighted by molar-refractivity contribution is -0.134. The van der Waals surface area contributed by atoms with Crippen LogP contribution in [0, 0.1) is 11.7 Å². The molecule has 190 valence electrons. The molecule has 3 aliphatic rings.